The van der Waals surface area contributed by atoms with E-state index in [9.17, 15) is 14.0 Å². The summed E-state index contributed by atoms with van der Waals surface area (Å²) in [6.07, 6.45) is 1.87. The highest BCUT2D eigenvalue weighted by Gasteiger charge is 2.29. The molecule has 2 amide bonds. The number of aromatic nitrogens is 2. The molecule has 0 aliphatic carbocycles. The number of rotatable bonds is 6. The van der Waals surface area contributed by atoms with Gasteiger partial charge in [-0.3, -0.25) is 4.79 Å². The predicted molar refractivity (Wildman–Crippen MR) is 105 cm³/mol. The summed E-state index contributed by atoms with van der Waals surface area (Å²) >= 11 is 0. The number of hydrogen-bond acceptors (Lipinski definition) is 6. The molecule has 158 valence electrons. The maximum Gasteiger partial charge on any atom is 0.437 e. The fourth-order valence-corrected chi connectivity index (χ4v) is 2.85. The van der Waals surface area contributed by atoms with Crippen molar-refractivity contribution in [2.75, 3.05) is 19.7 Å². The Morgan fingerprint density at radius 2 is 1.97 bits per heavy atom. The van der Waals surface area contributed by atoms with Crippen molar-refractivity contribution in [1.29, 1.82) is 0 Å². The first-order valence-corrected chi connectivity index (χ1v) is 9.08. The van der Waals surface area contributed by atoms with Gasteiger partial charge in [0.25, 0.3) is 0 Å². The highest BCUT2D eigenvalue weighted by atomic mass is 19.1. The van der Waals surface area contributed by atoms with Crippen LogP contribution in [-0.2, 0) is 16.1 Å². The van der Waals surface area contributed by atoms with E-state index in [1.54, 1.807) is 17.0 Å². The molecule has 0 atom stereocenters. The minimum atomic E-state index is -1.01. The van der Waals surface area contributed by atoms with Crippen LogP contribution >= 0.6 is 0 Å². The summed E-state index contributed by atoms with van der Waals surface area (Å²) in [6, 6.07) is 4.82. The molecule has 1 saturated heterocycles. The van der Waals surface area contributed by atoms with Crippen molar-refractivity contribution in [3.63, 3.8) is 0 Å². The standard InChI is InChI=1S/C19H21FN6O4/c1-11(27)26-7-12(8-26)9-29-18-23-5-14(6-24-18)15-4-2-3-13(16(15)20)10-30-19(28)25-17(21)22/h2-6,12H,7-10H2,1H3,(H4,21,22,25,28). The molecule has 10 nitrogen and oxygen atoms in total. The number of amides is 2. The first kappa shape index (κ1) is 21.0. The Bertz CT molecular complexity index is 956. The number of nitrogens with two attached hydrogens (primary N) is 2. The molecule has 0 bridgehead atoms. The third-order valence-corrected chi connectivity index (χ3v) is 4.44. The normalized spacial score (nSPS) is 13.3. The minimum Gasteiger partial charge on any atom is -0.463 e. The van der Waals surface area contributed by atoms with E-state index >= 15 is 0 Å². The number of nitrogens with zero attached hydrogens (tertiary/aromatic N) is 4. The number of guanidine groups is 1. The molecular formula is C19H21FN6O4. The quantitative estimate of drug-likeness (QED) is 0.525. The highest BCUT2D eigenvalue weighted by Crippen LogP contribution is 2.25. The van der Waals surface area contributed by atoms with Gasteiger partial charge < -0.3 is 25.8 Å². The number of halogens is 1. The Morgan fingerprint density at radius 1 is 1.27 bits per heavy atom. The summed E-state index contributed by atoms with van der Waals surface area (Å²) in [5, 5.41) is 0. The zero-order valence-electron chi connectivity index (χ0n) is 16.2. The third kappa shape index (κ3) is 5.19. The van der Waals surface area contributed by atoms with Crippen molar-refractivity contribution in [3.05, 3.63) is 42.0 Å². The molecule has 0 saturated carbocycles. The Hall–Kier alpha value is -3.76. The number of ether oxygens (including phenoxy) is 2. The van der Waals surface area contributed by atoms with Gasteiger partial charge >= 0.3 is 12.1 Å². The number of carbonyl (C=O) groups is 2. The van der Waals surface area contributed by atoms with Gasteiger partial charge in [0.05, 0.1) is 6.61 Å². The summed E-state index contributed by atoms with van der Waals surface area (Å²) in [7, 11) is 0. The molecule has 4 N–H and O–H groups in total. The van der Waals surface area contributed by atoms with Crippen LogP contribution in [0.4, 0.5) is 9.18 Å². The summed E-state index contributed by atoms with van der Waals surface area (Å²) < 4.78 is 25.1. The summed E-state index contributed by atoms with van der Waals surface area (Å²) in [6.45, 7) is 2.89. The van der Waals surface area contributed by atoms with Crippen LogP contribution in [0.15, 0.2) is 35.6 Å². The maximum absolute atomic E-state index is 14.8. The average Bonchev–Trinajstić information content (AvgIpc) is 2.66. The first-order chi connectivity index (χ1) is 14.3. The molecule has 0 spiro atoms. The van der Waals surface area contributed by atoms with Gasteiger partial charge in [0, 0.05) is 55.0 Å². The van der Waals surface area contributed by atoms with Gasteiger partial charge in [-0.2, -0.15) is 0 Å². The second kappa shape index (κ2) is 9.16. The van der Waals surface area contributed by atoms with Crippen LogP contribution in [0.5, 0.6) is 6.01 Å². The van der Waals surface area contributed by atoms with E-state index < -0.39 is 17.9 Å². The van der Waals surface area contributed by atoms with Crippen LogP contribution in [0.1, 0.15) is 12.5 Å². The molecule has 0 radical (unpaired) electrons. The zero-order chi connectivity index (χ0) is 21.7. The Labute approximate surface area is 171 Å². The van der Waals surface area contributed by atoms with Gasteiger partial charge in [0.15, 0.2) is 5.96 Å². The molecule has 1 fully saturated rings. The second-order valence-electron chi connectivity index (χ2n) is 6.73. The minimum absolute atomic E-state index is 0.0436. The van der Waals surface area contributed by atoms with Crippen molar-refractivity contribution in [1.82, 2.24) is 14.9 Å². The highest BCUT2D eigenvalue weighted by molar-refractivity contribution is 5.87. The number of carbonyl (C=O) groups excluding carboxylic acids is 2. The van der Waals surface area contributed by atoms with Crippen molar-refractivity contribution in [2.24, 2.45) is 22.4 Å². The summed E-state index contributed by atoms with van der Waals surface area (Å²) in [5.41, 5.74) is 11.0. The monoisotopic (exact) mass is 416 g/mol. The Balaban J connectivity index is 1.60. The van der Waals surface area contributed by atoms with E-state index in [4.69, 9.17) is 20.9 Å². The van der Waals surface area contributed by atoms with Crippen molar-refractivity contribution < 1.29 is 23.5 Å². The molecule has 2 heterocycles. The van der Waals surface area contributed by atoms with E-state index in [0.717, 1.165) is 0 Å². The Morgan fingerprint density at radius 3 is 2.60 bits per heavy atom. The smallest absolute Gasteiger partial charge is 0.437 e. The topological polar surface area (TPSA) is 146 Å². The molecule has 1 aliphatic rings. The number of aliphatic imine (C=N–C) groups is 1. The molecule has 1 aromatic heterocycles. The summed E-state index contributed by atoms with van der Waals surface area (Å²) in [4.78, 5) is 35.7. The van der Waals surface area contributed by atoms with Crippen LogP contribution in [0, 0.1) is 11.7 Å². The van der Waals surface area contributed by atoms with Crippen molar-refractivity contribution in [3.8, 4) is 17.1 Å². The fraction of sp³-hybridized carbons (Fsp3) is 0.316. The molecular weight excluding hydrogens is 395 g/mol. The third-order valence-electron chi connectivity index (χ3n) is 4.44. The van der Waals surface area contributed by atoms with Gasteiger partial charge in [-0.25, -0.2) is 19.2 Å². The number of likely N-dealkylation sites (tertiary alicyclic amines) is 1. The Kier molecular flexibility index (Phi) is 6.40. The van der Waals surface area contributed by atoms with E-state index in [2.05, 4.69) is 15.0 Å². The van der Waals surface area contributed by atoms with Gasteiger partial charge in [0.2, 0.25) is 5.91 Å². The van der Waals surface area contributed by atoms with Gasteiger partial charge in [-0.05, 0) is 0 Å². The lowest BCUT2D eigenvalue weighted by Crippen LogP contribution is -2.51. The second-order valence-corrected chi connectivity index (χ2v) is 6.73. The van der Waals surface area contributed by atoms with Crippen molar-refractivity contribution >= 4 is 18.0 Å². The zero-order valence-corrected chi connectivity index (χ0v) is 16.2. The fourth-order valence-electron chi connectivity index (χ4n) is 2.85. The molecule has 3 rings (SSSR count). The first-order valence-electron chi connectivity index (χ1n) is 9.08. The lowest BCUT2D eigenvalue weighted by molar-refractivity contribution is -0.135. The van der Waals surface area contributed by atoms with Gasteiger partial charge in [0.1, 0.15) is 12.4 Å². The van der Waals surface area contributed by atoms with Crippen LogP contribution in [0.3, 0.4) is 0 Å². The SMILES string of the molecule is CC(=O)N1CC(COc2ncc(-c3cccc(COC(=O)N=C(N)N)c3F)cn2)C1. The molecule has 11 heteroatoms. The van der Waals surface area contributed by atoms with E-state index in [0.29, 0.717) is 25.3 Å². The van der Waals surface area contributed by atoms with E-state index in [-0.39, 0.29) is 35.6 Å². The number of benzene rings is 1. The van der Waals surface area contributed by atoms with Gasteiger partial charge in [-0.1, -0.05) is 18.2 Å². The molecule has 1 aliphatic heterocycles. The number of hydrogen-bond donors (Lipinski definition) is 2. The maximum atomic E-state index is 14.8. The largest absolute Gasteiger partial charge is 0.463 e. The summed E-state index contributed by atoms with van der Waals surface area (Å²) in [5.74, 6) is -0.733. The van der Waals surface area contributed by atoms with Crippen molar-refractivity contribution in [2.45, 2.75) is 13.5 Å². The average molecular weight is 416 g/mol. The molecule has 1 aromatic carbocycles. The van der Waals surface area contributed by atoms with E-state index in [1.165, 1.54) is 25.4 Å². The van der Waals surface area contributed by atoms with Crippen LogP contribution in [0.25, 0.3) is 11.1 Å². The van der Waals surface area contributed by atoms with E-state index in [1.807, 2.05) is 0 Å². The predicted octanol–water partition coefficient (Wildman–Crippen LogP) is 1.05. The van der Waals surface area contributed by atoms with Gasteiger partial charge in [-0.15, -0.1) is 4.99 Å². The molecule has 0 unspecified atom stereocenters. The molecule has 2 aromatic rings. The molecule has 30 heavy (non-hydrogen) atoms. The van der Waals surface area contributed by atoms with Crippen LogP contribution < -0.4 is 16.2 Å². The lowest BCUT2D eigenvalue weighted by Gasteiger charge is -2.38. The lowest BCUT2D eigenvalue weighted by atomic mass is 10.0. The van der Waals surface area contributed by atoms with Crippen LogP contribution in [-0.4, -0.2) is 52.5 Å². The van der Waals surface area contributed by atoms with Crippen LogP contribution in [0.2, 0.25) is 0 Å².